The standard InChI is InChI=1S/C13H14BrN7O.C13H15N7O/c14-8-1-2-9-7(5-17-10(9)4-8)3-11-20-13(21-22-11)19-6-18-12(15)16;14-12(15)17-7-18-13-19-11(21-20-13)5-8-6-16-10-4-2-1-3-9(8)10/h1-2,4-5,17H,3,6H2,(H,19,21)(H4,15,16,18);1-4,6,16H,5,7H2,(H,18,20)(H4,14,15,17). The number of aliphatic imine (C=N–C) groups is 2. The van der Waals surface area contributed by atoms with E-state index in [2.05, 4.69) is 72.9 Å². The predicted molar refractivity (Wildman–Crippen MR) is 167 cm³/mol. The normalized spacial score (nSPS) is 10.7. The van der Waals surface area contributed by atoms with Crippen LogP contribution in [0, 0.1) is 0 Å². The molecule has 4 aromatic heterocycles. The molecule has 0 amide bonds. The highest BCUT2D eigenvalue weighted by atomic mass is 79.9. The molecule has 12 N–H and O–H groups in total. The number of guanidine groups is 2. The summed E-state index contributed by atoms with van der Waals surface area (Å²) in [6, 6.07) is 14.1. The zero-order valence-corrected chi connectivity index (χ0v) is 24.3. The number of nitrogens with zero attached hydrogens (tertiary/aromatic N) is 6. The van der Waals surface area contributed by atoms with Crippen molar-refractivity contribution in [1.29, 1.82) is 0 Å². The monoisotopic (exact) mass is 648 g/mol. The number of nitrogens with two attached hydrogens (primary N) is 4. The highest BCUT2D eigenvalue weighted by molar-refractivity contribution is 9.10. The fraction of sp³-hybridized carbons (Fsp3) is 0.154. The number of aromatic nitrogens is 6. The van der Waals surface area contributed by atoms with Gasteiger partial charge in [-0.25, -0.2) is 9.98 Å². The minimum absolute atomic E-state index is 0.00108. The topological polar surface area (TPSA) is 262 Å². The molecule has 0 radical (unpaired) electrons. The number of benzene rings is 2. The van der Waals surface area contributed by atoms with Gasteiger partial charge in [-0.3, -0.25) is 0 Å². The van der Waals surface area contributed by atoms with Gasteiger partial charge < -0.3 is 52.6 Å². The molecule has 17 heteroatoms. The van der Waals surface area contributed by atoms with Gasteiger partial charge in [0, 0.05) is 38.7 Å². The van der Waals surface area contributed by atoms with Gasteiger partial charge in [0.25, 0.3) is 11.9 Å². The lowest BCUT2D eigenvalue weighted by Gasteiger charge is -1.96. The number of anilines is 2. The Bertz CT molecular complexity index is 1860. The van der Waals surface area contributed by atoms with Crippen LogP contribution < -0.4 is 33.6 Å². The number of H-pyrrole nitrogens is 2. The molecular weight excluding hydrogens is 620 g/mol. The van der Waals surface area contributed by atoms with Crippen molar-refractivity contribution in [3.8, 4) is 0 Å². The molecule has 0 spiro atoms. The van der Waals surface area contributed by atoms with Gasteiger partial charge in [-0.1, -0.05) is 40.2 Å². The number of nitrogens with one attached hydrogen (secondary N) is 4. The van der Waals surface area contributed by atoms with Crippen molar-refractivity contribution in [2.24, 2.45) is 32.9 Å². The van der Waals surface area contributed by atoms with E-state index in [-0.39, 0.29) is 25.3 Å². The summed E-state index contributed by atoms with van der Waals surface area (Å²) >= 11 is 3.45. The predicted octanol–water partition coefficient (Wildman–Crippen LogP) is 2.33. The van der Waals surface area contributed by atoms with Crippen LogP contribution in [0.3, 0.4) is 0 Å². The Balaban J connectivity index is 0.000000171. The van der Waals surface area contributed by atoms with Crippen LogP contribution in [0.2, 0.25) is 0 Å². The first kappa shape index (κ1) is 28.9. The maximum absolute atomic E-state index is 5.23. The Morgan fingerprint density at radius 2 is 1.28 bits per heavy atom. The summed E-state index contributed by atoms with van der Waals surface area (Å²) in [6.45, 7) is 0.400. The molecule has 6 aromatic rings. The number of fused-ring (bicyclic) bond motifs is 2. The molecular formula is C26H29BrN14O2. The van der Waals surface area contributed by atoms with Crippen LogP contribution in [0.1, 0.15) is 22.9 Å². The van der Waals surface area contributed by atoms with Crippen LogP contribution in [0.5, 0.6) is 0 Å². The Labute approximate surface area is 252 Å². The number of para-hydroxylation sites is 1. The summed E-state index contributed by atoms with van der Waals surface area (Å²) < 4.78 is 11.4. The maximum Gasteiger partial charge on any atom is 0.264 e. The second kappa shape index (κ2) is 13.4. The van der Waals surface area contributed by atoms with Crippen LogP contribution in [0.25, 0.3) is 21.8 Å². The Morgan fingerprint density at radius 3 is 1.86 bits per heavy atom. The smallest absolute Gasteiger partial charge is 0.264 e. The quantitative estimate of drug-likeness (QED) is 0.0785. The minimum atomic E-state index is 0.00108. The number of halogens is 1. The van der Waals surface area contributed by atoms with Gasteiger partial charge in [0.1, 0.15) is 13.3 Å². The Morgan fingerprint density at radius 1 is 0.744 bits per heavy atom. The summed E-state index contributed by atoms with van der Waals surface area (Å²) in [5.74, 6) is 1.74. The lowest BCUT2D eigenvalue weighted by molar-refractivity contribution is 0.386. The maximum atomic E-state index is 5.23. The summed E-state index contributed by atoms with van der Waals surface area (Å²) in [6.07, 6.45) is 4.98. The van der Waals surface area contributed by atoms with E-state index in [1.54, 1.807) is 0 Å². The van der Waals surface area contributed by atoms with Gasteiger partial charge in [0.2, 0.25) is 11.8 Å². The van der Waals surface area contributed by atoms with Gasteiger partial charge in [-0.05, 0) is 39.6 Å². The highest BCUT2D eigenvalue weighted by Crippen LogP contribution is 2.24. The molecule has 0 bridgehead atoms. The molecule has 43 heavy (non-hydrogen) atoms. The summed E-state index contributed by atoms with van der Waals surface area (Å²) in [4.78, 5) is 22.5. The second-order valence-electron chi connectivity index (χ2n) is 9.08. The molecule has 0 aliphatic heterocycles. The summed E-state index contributed by atoms with van der Waals surface area (Å²) in [5, 5.41) is 15.6. The molecule has 222 valence electrons. The number of rotatable bonds is 10. The second-order valence-corrected chi connectivity index (χ2v) is 9.99. The molecule has 0 fully saturated rings. The zero-order valence-electron chi connectivity index (χ0n) is 22.7. The number of aromatic amines is 2. The third kappa shape index (κ3) is 7.79. The number of hydrogen-bond donors (Lipinski definition) is 8. The molecule has 4 heterocycles. The summed E-state index contributed by atoms with van der Waals surface area (Å²) in [5.41, 5.74) is 25.2. The molecule has 0 atom stereocenters. The first-order valence-corrected chi connectivity index (χ1v) is 13.7. The fourth-order valence-electron chi connectivity index (χ4n) is 4.11. The van der Waals surface area contributed by atoms with Crippen LogP contribution in [-0.2, 0) is 12.8 Å². The SMILES string of the molecule is NC(N)=NCNc1noc(Cc2c[nH]c3cc(Br)ccc23)n1.NC(N)=NCNc1noc(Cc2c[nH]c3ccccc23)n1. The Kier molecular flexibility index (Phi) is 9.01. The third-order valence-electron chi connectivity index (χ3n) is 6.02. The van der Waals surface area contributed by atoms with E-state index in [4.69, 9.17) is 32.0 Å². The van der Waals surface area contributed by atoms with Crippen molar-refractivity contribution in [2.75, 3.05) is 24.0 Å². The Hall–Kier alpha value is -5.58. The van der Waals surface area contributed by atoms with Crippen molar-refractivity contribution < 1.29 is 9.05 Å². The van der Waals surface area contributed by atoms with Crippen LogP contribution in [0.15, 0.2) is 78.4 Å². The van der Waals surface area contributed by atoms with E-state index < -0.39 is 0 Å². The average molecular weight is 650 g/mol. The molecule has 0 saturated heterocycles. The molecule has 0 aliphatic rings. The first-order valence-electron chi connectivity index (χ1n) is 12.9. The van der Waals surface area contributed by atoms with Crippen molar-refractivity contribution in [2.45, 2.75) is 12.8 Å². The van der Waals surface area contributed by atoms with Crippen molar-refractivity contribution in [3.05, 3.63) is 82.2 Å². The lowest BCUT2D eigenvalue weighted by Crippen LogP contribution is -2.24. The van der Waals surface area contributed by atoms with Crippen molar-refractivity contribution >= 4 is 61.6 Å². The number of hydrogen-bond acceptors (Lipinski definition) is 10. The van der Waals surface area contributed by atoms with Crippen LogP contribution in [0.4, 0.5) is 11.9 Å². The van der Waals surface area contributed by atoms with E-state index in [0.717, 1.165) is 37.4 Å². The summed E-state index contributed by atoms with van der Waals surface area (Å²) in [7, 11) is 0. The molecule has 0 saturated carbocycles. The van der Waals surface area contributed by atoms with Crippen LogP contribution >= 0.6 is 15.9 Å². The third-order valence-corrected chi connectivity index (χ3v) is 6.51. The van der Waals surface area contributed by atoms with E-state index in [0.29, 0.717) is 36.5 Å². The lowest BCUT2D eigenvalue weighted by atomic mass is 10.1. The molecule has 16 nitrogen and oxygen atoms in total. The molecule has 0 unspecified atom stereocenters. The molecule has 2 aromatic carbocycles. The first-order chi connectivity index (χ1) is 20.8. The van der Waals surface area contributed by atoms with E-state index in [1.165, 1.54) is 0 Å². The van der Waals surface area contributed by atoms with E-state index in [9.17, 15) is 0 Å². The van der Waals surface area contributed by atoms with E-state index >= 15 is 0 Å². The highest BCUT2D eigenvalue weighted by Gasteiger charge is 2.12. The van der Waals surface area contributed by atoms with Crippen molar-refractivity contribution in [1.82, 2.24) is 30.2 Å². The van der Waals surface area contributed by atoms with Crippen molar-refractivity contribution in [3.63, 3.8) is 0 Å². The zero-order chi connectivity index (χ0) is 30.2. The molecule has 0 aliphatic carbocycles. The van der Waals surface area contributed by atoms with Gasteiger partial charge in [0.15, 0.2) is 11.9 Å². The van der Waals surface area contributed by atoms with Gasteiger partial charge in [0.05, 0.1) is 12.8 Å². The van der Waals surface area contributed by atoms with Gasteiger partial charge in [-0.15, -0.1) is 0 Å². The van der Waals surface area contributed by atoms with Gasteiger partial charge in [-0.2, -0.15) is 9.97 Å². The van der Waals surface area contributed by atoms with E-state index in [1.807, 2.05) is 48.8 Å². The largest absolute Gasteiger partial charge is 0.370 e. The molecule has 6 rings (SSSR count). The van der Waals surface area contributed by atoms with Gasteiger partial charge >= 0.3 is 0 Å². The average Bonchev–Trinajstić information content (AvgIpc) is 3.78. The minimum Gasteiger partial charge on any atom is -0.370 e. The fourth-order valence-corrected chi connectivity index (χ4v) is 4.47. The van der Waals surface area contributed by atoms with Crippen LogP contribution in [-0.4, -0.2) is 55.5 Å².